The number of hydrogen-bond donors (Lipinski definition) is 1. The Morgan fingerprint density at radius 2 is 1.88 bits per heavy atom. The molecule has 3 saturated carbocycles. The monoisotopic (exact) mass is 589 g/mol. The lowest BCUT2D eigenvalue weighted by atomic mass is 9.57. The standard InChI is InChI=1S/C30H41F2N5O5/c1-36-16-19(31)15-20(36)17-40-27-22(32)26(37-12-11-33-28(18-37)9-10-28)34-25(35-27)23(38)21-5-4-7-29(24(21)39)6-2-3-8-30(29)41-13-14-42-30/h19-21,33H,2-18H2,1H3/t19-,20+,21?,29+/m1/s1. The van der Waals surface area contributed by atoms with Crippen molar-refractivity contribution in [3.63, 3.8) is 0 Å². The number of aromatic nitrogens is 2. The molecule has 6 fully saturated rings. The Balaban J connectivity index is 1.20. The van der Waals surface area contributed by atoms with E-state index in [0.717, 1.165) is 25.7 Å². The summed E-state index contributed by atoms with van der Waals surface area (Å²) in [5, 5.41) is 3.51. The number of halogens is 2. The van der Waals surface area contributed by atoms with Gasteiger partial charge in [-0.15, -0.1) is 0 Å². The molecule has 3 aliphatic carbocycles. The van der Waals surface area contributed by atoms with Gasteiger partial charge in [-0.25, -0.2) is 9.37 Å². The summed E-state index contributed by atoms with van der Waals surface area (Å²) in [5.41, 5.74) is -0.943. The Morgan fingerprint density at radius 3 is 2.62 bits per heavy atom. The first-order valence-electron chi connectivity index (χ1n) is 15.7. The van der Waals surface area contributed by atoms with Crippen LogP contribution in [-0.4, -0.2) is 103 Å². The van der Waals surface area contributed by atoms with E-state index < -0.39 is 34.9 Å². The van der Waals surface area contributed by atoms with E-state index in [1.807, 2.05) is 9.80 Å². The van der Waals surface area contributed by atoms with Crippen molar-refractivity contribution in [3.05, 3.63) is 11.6 Å². The summed E-state index contributed by atoms with van der Waals surface area (Å²) in [6.07, 6.45) is 6.00. The molecular formula is C30H41F2N5O5. The fourth-order valence-corrected chi connectivity index (χ4v) is 8.15. The highest BCUT2D eigenvalue weighted by molar-refractivity contribution is 6.11. The van der Waals surface area contributed by atoms with Crippen LogP contribution in [0.25, 0.3) is 0 Å². The topological polar surface area (TPSA) is 106 Å². The van der Waals surface area contributed by atoms with Crippen LogP contribution in [0.1, 0.15) is 74.8 Å². The lowest BCUT2D eigenvalue weighted by molar-refractivity contribution is -0.255. The Labute approximate surface area is 244 Å². The maximum absolute atomic E-state index is 16.0. The van der Waals surface area contributed by atoms with Gasteiger partial charge in [0.15, 0.2) is 17.4 Å². The molecule has 4 heterocycles. The van der Waals surface area contributed by atoms with Gasteiger partial charge in [0.25, 0.3) is 5.88 Å². The average Bonchev–Trinajstić information content (AvgIpc) is 3.39. The molecule has 6 aliphatic rings. The number of likely N-dealkylation sites (tertiary alicyclic amines) is 1. The van der Waals surface area contributed by atoms with E-state index >= 15 is 4.39 Å². The molecule has 0 radical (unpaired) electrons. The van der Waals surface area contributed by atoms with Crippen LogP contribution in [0, 0.1) is 17.2 Å². The Kier molecular flexibility index (Phi) is 7.26. The molecule has 0 amide bonds. The van der Waals surface area contributed by atoms with Crippen molar-refractivity contribution in [2.75, 3.05) is 57.9 Å². The van der Waals surface area contributed by atoms with Gasteiger partial charge in [0.05, 0.1) is 24.5 Å². The molecule has 0 bridgehead atoms. The maximum atomic E-state index is 16.0. The van der Waals surface area contributed by atoms with E-state index in [2.05, 4.69) is 15.3 Å². The average molecular weight is 590 g/mol. The first kappa shape index (κ1) is 28.5. The number of likely N-dealkylation sites (N-methyl/N-ethyl adjacent to an activating group) is 1. The van der Waals surface area contributed by atoms with Crippen LogP contribution < -0.4 is 15.0 Å². The van der Waals surface area contributed by atoms with Gasteiger partial charge in [-0.2, -0.15) is 9.37 Å². The van der Waals surface area contributed by atoms with Gasteiger partial charge < -0.3 is 24.4 Å². The van der Waals surface area contributed by atoms with Crippen LogP contribution in [-0.2, 0) is 14.3 Å². The molecule has 3 spiro atoms. The number of ketones is 2. The number of carbonyl (C=O) groups is 2. The smallest absolute Gasteiger partial charge is 0.256 e. The summed E-state index contributed by atoms with van der Waals surface area (Å²) in [4.78, 5) is 40.9. The van der Waals surface area contributed by atoms with Crippen LogP contribution in [0.4, 0.5) is 14.6 Å². The predicted molar refractivity (Wildman–Crippen MR) is 148 cm³/mol. The second-order valence-corrected chi connectivity index (χ2v) is 13.3. The van der Waals surface area contributed by atoms with E-state index in [1.165, 1.54) is 0 Å². The third-order valence-corrected chi connectivity index (χ3v) is 10.6. The number of hydrogen-bond acceptors (Lipinski definition) is 10. The second-order valence-electron chi connectivity index (χ2n) is 13.3. The number of nitrogens with zero attached hydrogens (tertiary/aromatic N) is 4. The number of rotatable bonds is 6. The molecule has 1 N–H and O–H groups in total. The van der Waals surface area contributed by atoms with E-state index in [-0.39, 0.29) is 47.9 Å². The molecule has 230 valence electrons. The Bertz CT molecular complexity index is 1240. The molecule has 4 atom stereocenters. The lowest BCUT2D eigenvalue weighted by Crippen LogP contribution is -2.60. The summed E-state index contributed by atoms with van der Waals surface area (Å²) >= 11 is 0. The van der Waals surface area contributed by atoms with Crippen LogP contribution in [0.2, 0.25) is 0 Å². The van der Waals surface area contributed by atoms with E-state index in [0.29, 0.717) is 71.5 Å². The van der Waals surface area contributed by atoms with Gasteiger partial charge in [0.2, 0.25) is 17.4 Å². The Morgan fingerprint density at radius 1 is 1.12 bits per heavy atom. The maximum Gasteiger partial charge on any atom is 0.256 e. The normalized spacial score (nSPS) is 34.0. The van der Waals surface area contributed by atoms with Crippen molar-refractivity contribution < 1.29 is 32.6 Å². The third kappa shape index (κ3) is 4.73. The first-order chi connectivity index (χ1) is 20.2. The van der Waals surface area contributed by atoms with Crippen LogP contribution in [0.5, 0.6) is 5.88 Å². The fraction of sp³-hybridized carbons (Fsp3) is 0.800. The van der Waals surface area contributed by atoms with Crippen molar-refractivity contribution in [2.45, 2.75) is 87.7 Å². The molecule has 1 aromatic rings. The number of Topliss-reactive ketones (excluding diaryl/α,β-unsaturated/α-hetero) is 2. The number of piperazine rings is 1. The minimum Gasteiger partial charge on any atom is -0.474 e. The number of alkyl halides is 1. The van der Waals surface area contributed by atoms with E-state index in [9.17, 15) is 14.0 Å². The zero-order chi connectivity index (χ0) is 29.1. The van der Waals surface area contributed by atoms with Gasteiger partial charge in [0.1, 0.15) is 12.8 Å². The summed E-state index contributed by atoms with van der Waals surface area (Å²) in [6.45, 7) is 2.94. The lowest BCUT2D eigenvalue weighted by Gasteiger charge is -2.51. The number of nitrogens with one attached hydrogen (secondary N) is 1. The van der Waals surface area contributed by atoms with Crippen molar-refractivity contribution in [1.29, 1.82) is 0 Å². The predicted octanol–water partition coefficient (Wildman–Crippen LogP) is 2.83. The number of anilines is 1. The van der Waals surface area contributed by atoms with Crippen LogP contribution in [0.3, 0.4) is 0 Å². The highest BCUT2D eigenvalue weighted by atomic mass is 19.1. The van der Waals surface area contributed by atoms with E-state index in [1.54, 1.807) is 7.05 Å². The molecule has 3 saturated heterocycles. The number of carbonyl (C=O) groups excluding carboxylic acids is 2. The molecule has 0 aromatic carbocycles. The highest BCUT2D eigenvalue weighted by Gasteiger charge is 2.63. The fourth-order valence-electron chi connectivity index (χ4n) is 8.15. The van der Waals surface area contributed by atoms with E-state index in [4.69, 9.17) is 14.2 Å². The third-order valence-electron chi connectivity index (χ3n) is 10.6. The molecule has 42 heavy (non-hydrogen) atoms. The van der Waals surface area contributed by atoms with Crippen molar-refractivity contribution in [2.24, 2.45) is 11.3 Å². The number of ether oxygens (including phenoxy) is 3. The zero-order valence-corrected chi connectivity index (χ0v) is 24.3. The highest BCUT2D eigenvalue weighted by Crippen LogP contribution is 2.56. The largest absolute Gasteiger partial charge is 0.474 e. The van der Waals surface area contributed by atoms with Crippen molar-refractivity contribution >= 4 is 17.4 Å². The minimum absolute atomic E-state index is 0.0221. The van der Waals surface area contributed by atoms with Gasteiger partial charge in [0, 0.05) is 44.2 Å². The molecule has 1 unspecified atom stereocenters. The SMILES string of the molecule is CN1C[C@H](F)C[C@H]1COc1nc(C(=O)C2CCC[C@@]3(CCCCC34OCCO4)C2=O)nc(N2CCNC3(CC3)C2)c1F. The molecule has 7 rings (SSSR count). The Hall–Kier alpha value is -2.28. The van der Waals surface area contributed by atoms with Crippen LogP contribution >= 0.6 is 0 Å². The summed E-state index contributed by atoms with van der Waals surface area (Å²) in [6, 6.07) is -0.237. The summed E-state index contributed by atoms with van der Waals surface area (Å²) in [7, 11) is 1.81. The summed E-state index contributed by atoms with van der Waals surface area (Å²) in [5.74, 6) is -3.86. The van der Waals surface area contributed by atoms with Gasteiger partial charge >= 0.3 is 0 Å². The van der Waals surface area contributed by atoms with Gasteiger partial charge in [-0.1, -0.05) is 12.8 Å². The second kappa shape index (κ2) is 10.7. The molecular weight excluding hydrogens is 548 g/mol. The number of fused-ring (bicyclic) bond motifs is 1. The molecule has 12 heteroatoms. The van der Waals surface area contributed by atoms with Gasteiger partial charge in [-0.05, 0) is 52.0 Å². The van der Waals surface area contributed by atoms with Crippen molar-refractivity contribution in [3.8, 4) is 5.88 Å². The molecule has 1 aromatic heterocycles. The van der Waals surface area contributed by atoms with Crippen LogP contribution in [0.15, 0.2) is 0 Å². The van der Waals surface area contributed by atoms with Crippen molar-refractivity contribution in [1.82, 2.24) is 20.2 Å². The first-order valence-corrected chi connectivity index (χ1v) is 15.7. The quantitative estimate of drug-likeness (QED) is 0.393. The van der Waals surface area contributed by atoms with Gasteiger partial charge in [-0.3, -0.25) is 14.5 Å². The summed E-state index contributed by atoms with van der Waals surface area (Å²) < 4.78 is 48.1. The molecule has 3 aliphatic heterocycles. The minimum atomic E-state index is -0.981. The zero-order valence-electron chi connectivity index (χ0n) is 24.3. The molecule has 10 nitrogen and oxygen atoms in total.